The van der Waals surface area contributed by atoms with Gasteiger partial charge in [-0.15, -0.1) is 0 Å². The van der Waals surface area contributed by atoms with Crippen molar-refractivity contribution in [3.8, 4) is 0 Å². The van der Waals surface area contributed by atoms with E-state index in [9.17, 15) is 9.18 Å². The van der Waals surface area contributed by atoms with Gasteiger partial charge < -0.3 is 9.42 Å². The van der Waals surface area contributed by atoms with Crippen LogP contribution in [0.15, 0.2) is 28.8 Å². The standard InChI is InChI=1S/C16H18FN3O2/c1-11(21)20-8-6-12(7-9-20)16-18-15(19-22-16)10-13-4-2-3-5-14(13)17/h2-5,12H,6-10H2,1H3. The average Bonchev–Trinajstić information content (AvgIpc) is 2.98. The summed E-state index contributed by atoms with van der Waals surface area (Å²) in [6.45, 7) is 3.01. The molecule has 1 amide bonds. The molecule has 3 rings (SSSR count). The predicted molar refractivity (Wildman–Crippen MR) is 77.7 cm³/mol. The van der Waals surface area contributed by atoms with E-state index < -0.39 is 0 Å². The molecule has 1 aliphatic heterocycles. The summed E-state index contributed by atoms with van der Waals surface area (Å²) in [6.07, 6.45) is 1.96. The number of halogens is 1. The maximum absolute atomic E-state index is 13.6. The molecule has 116 valence electrons. The fourth-order valence-electron chi connectivity index (χ4n) is 2.76. The van der Waals surface area contributed by atoms with Crippen LogP contribution >= 0.6 is 0 Å². The second-order valence-corrected chi connectivity index (χ2v) is 5.60. The van der Waals surface area contributed by atoms with E-state index in [-0.39, 0.29) is 17.6 Å². The van der Waals surface area contributed by atoms with Gasteiger partial charge >= 0.3 is 0 Å². The summed E-state index contributed by atoms with van der Waals surface area (Å²) >= 11 is 0. The number of nitrogens with zero attached hydrogens (tertiary/aromatic N) is 3. The van der Waals surface area contributed by atoms with Gasteiger partial charge in [-0.1, -0.05) is 23.4 Å². The number of carbonyl (C=O) groups excluding carboxylic acids is 1. The van der Waals surface area contributed by atoms with Gasteiger partial charge in [0.2, 0.25) is 11.8 Å². The molecule has 0 spiro atoms. The molecule has 2 heterocycles. The zero-order valence-electron chi connectivity index (χ0n) is 12.5. The Balaban J connectivity index is 1.65. The molecule has 0 saturated carbocycles. The van der Waals surface area contributed by atoms with Gasteiger partial charge in [-0.05, 0) is 24.5 Å². The lowest BCUT2D eigenvalue weighted by molar-refractivity contribution is -0.129. The van der Waals surface area contributed by atoms with Crippen LogP contribution in [0, 0.1) is 5.82 Å². The number of likely N-dealkylation sites (tertiary alicyclic amines) is 1. The molecule has 0 aliphatic carbocycles. The van der Waals surface area contributed by atoms with Gasteiger partial charge in [0.15, 0.2) is 5.82 Å². The van der Waals surface area contributed by atoms with E-state index in [2.05, 4.69) is 10.1 Å². The lowest BCUT2D eigenvalue weighted by atomic mass is 9.97. The fraction of sp³-hybridized carbons (Fsp3) is 0.438. The van der Waals surface area contributed by atoms with E-state index in [0.717, 1.165) is 12.8 Å². The molecule has 1 fully saturated rings. The van der Waals surface area contributed by atoms with Gasteiger partial charge in [0.05, 0.1) is 0 Å². The number of piperidine rings is 1. The lowest BCUT2D eigenvalue weighted by Crippen LogP contribution is -2.36. The first-order valence-electron chi connectivity index (χ1n) is 7.45. The summed E-state index contributed by atoms with van der Waals surface area (Å²) < 4.78 is 19.0. The first kappa shape index (κ1) is 14.7. The normalized spacial score (nSPS) is 16.0. The molecule has 0 N–H and O–H groups in total. The Kier molecular flexibility index (Phi) is 4.18. The minimum Gasteiger partial charge on any atom is -0.343 e. The molecule has 1 aromatic heterocycles. The molecule has 1 aromatic carbocycles. The SMILES string of the molecule is CC(=O)N1CCC(c2nc(Cc3ccccc3F)no2)CC1. The quantitative estimate of drug-likeness (QED) is 0.874. The minimum atomic E-state index is -0.261. The van der Waals surface area contributed by atoms with E-state index in [1.165, 1.54) is 6.07 Å². The third-order valence-electron chi connectivity index (χ3n) is 4.08. The zero-order chi connectivity index (χ0) is 15.5. The van der Waals surface area contributed by atoms with Crippen LogP contribution in [0.5, 0.6) is 0 Å². The highest BCUT2D eigenvalue weighted by Gasteiger charge is 2.26. The van der Waals surface area contributed by atoms with Crippen LogP contribution in [0.4, 0.5) is 4.39 Å². The number of hydrogen-bond acceptors (Lipinski definition) is 4. The molecule has 0 radical (unpaired) electrons. The smallest absolute Gasteiger partial charge is 0.229 e. The van der Waals surface area contributed by atoms with Crippen LogP contribution < -0.4 is 0 Å². The van der Waals surface area contributed by atoms with Crippen molar-refractivity contribution in [3.05, 3.63) is 47.4 Å². The van der Waals surface area contributed by atoms with Crippen molar-refractivity contribution in [2.24, 2.45) is 0 Å². The molecule has 0 atom stereocenters. The van der Waals surface area contributed by atoms with Crippen LogP contribution in [0.3, 0.4) is 0 Å². The van der Waals surface area contributed by atoms with E-state index in [1.54, 1.807) is 25.1 Å². The first-order valence-corrected chi connectivity index (χ1v) is 7.45. The van der Waals surface area contributed by atoms with Gasteiger partial charge in [0, 0.05) is 32.4 Å². The molecular weight excluding hydrogens is 285 g/mol. The number of benzene rings is 1. The highest BCUT2D eigenvalue weighted by atomic mass is 19.1. The summed E-state index contributed by atoms with van der Waals surface area (Å²) in [7, 11) is 0. The number of rotatable bonds is 3. The third-order valence-corrected chi connectivity index (χ3v) is 4.08. The molecular formula is C16H18FN3O2. The minimum absolute atomic E-state index is 0.101. The molecule has 0 bridgehead atoms. The average molecular weight is 303 g/mol. The summed E-state index contributed by atoms with van der Waals surface area (Å²) in [5.74, 6) is 1.11. The van der Waals surface area contributed by atoms with Crippen molar-refractivity contribution in [3.63, 3.8) is 0 Å². The monoisotopic (exact) mass is 303 g/mol. The van der Waals surface area contributed by atoms with Crippen LogP contribution in [-0.4, -0.2) is 34.0 Å². The first-order chi connectivity index (χ1) is 10.6. The lowest BCUT2D eigenvalue weighted by Gasteiger charge is -2.29. The maximum atomic E-state index is 13.6. The Bertz CT molecular complexity index is 663. The summed E-state index contributed by atoms with van der Waals surface area (Å²) in [5, 5.41) is 3.95. The van der Waals surface area contributed by atoms with Crippen molar-refractivity contribution in [1.29, 1.82) is 0 Å². The zero-order valence-corrected chi connectivity index (χ0v) is 12.5. The highest BCUT2D eigenvalue weighted by Crippen LogP contribution is 2.27. The predicted octanol–water partition coefficient (Wildman–Crippen LogP) is 2.53. The van der Waals surface area contributed by atoms with Gasteiger partial charge in [-0.25, -0.2) is 4.39 Å². The van der Waals surface area contributed by atoms with Crippen molar-refractivity contribution < 1.29 is 13.7 Å². The van der Waals surface area contributed by atoms with Gasteiger partial charge in [0.25, 0.3) is 0 Å². The topological polar surface area (TPSA) is 59.2 Å². The summed E-state index contributed by atoms with van der Waals surface area (Å²) in [4.78, 5) is 17.5. The number of amides is 1. The van der Waals surface area contributed by atoms with Crippen LogP contribution in [0.1, 0.15) is 43.0 Å². The van der Waals surface area contributed by atoms with Gasteiger partial charge in [0.1, 0.15) is 5.82 Å². The molecule has 0 unspecified atom stereocenters. The maximum Gasteiger partial charge on any atom is 0.229 e. The van der Waals surface area contributed by atoms with E-state index in [0.29, 0.717) is 36.8 Å². The number of hydrogen-bond donors (Lipinski definition) is 0. The Labute approximate surface area is 128 Å². The largest absolute Gasteiger partial charge is 0.343 e. The Morgan fingerprint density at radius 3 is 2.77 bits per heavy atom. The van der Waals surface area contributed by atoms with Crippen LogP contribution in [0.2, 0.25) is 0 Å². The number of carbonyl (C=O) groups is 1. The second-order valence-electron chi connectivity index (χ2n) is 5.60. The van der Waals surface area contributed by atoms with Crippen molar-refractivity contribution in [2.45, 2.75) is 32.1 Å². The molecule has 5 nitrogen and oxygen atoms in total. The molecule has 6 heteroatoms. The Hall–Kier alpha value is -2.24. The van der Waals surface area contributed by atoms with E-state index in [4.69, 9.17) is 4.52 Å². The summed E-state index contributed by atoms with van der Waals surface area (Å²) in [5.41, 5.74) is 0.557. The highest BCUT2D eigenvalue weighted by molar-refractivity contribution is 5.73. The van der Waals surface area contributed by atoms with E-state index >= 15 is 0 Å². The van der Waals surface area contributed by atoms with Gasteiger partial charge in [-0.2, -0.15) is 4.98 Å². The third kappa shape index (κ3) is 3.16. The Morgan fingerprint density at radius 1 is 1.36 bits per heavy atom. The van der Waals surface area contributed by atoms with Crippen LogP contribution in [0.25, 0.3) is 0 Å². The Morgan fingerprint density at radius 2 is 2.09 bits per heavy atom. The van der Waals surface area contributed by atoms with Gasteiger partial charge in [-0.3, -0.25) is 4.79 Å². The van der Waals surface area contributed by atoms with Crippen molar-refractivity contribution in [1.82, 2.24) is 15.0 Å². The van der Waals surface area contributed by atoms with Crippen LogP contribution in [-0.2, 0) is 11.2 Å². The van der Waals surface area contributed by atoms with E-state index in [1.807, 2.05) is 4.90 Å². The fourth-order valence-corrected chi connectivity index (χ4v) is 2.76. The number of aromatic nitrogens is 2. The molecule has 2 aromatic rings. The summed E-state index contributed by atoms with van der Waals surface area (Å²) in [6, 6.07) is 6.59. The second kappa shape index (κ2) is 6.25. The van der Waals surface area contributed by atoms with Crippen molar-refractivity contribution in [2.75, 3.05) is 13.1 Å². The molecule has 22 heavy (non-hydrogen) atoms. The molecule has 1 aliphatic rings. The van der Waals surface area contributed by atoms with Crippen molar-refractivity contribution >= 4 is 5.91 Å². The molecule has 1 saturated heterocycles.